The maximum Gasteiger partial charge on any atom is 0.315 e. The Morgan fingerprint density at radius 3 is 2.56 bits per heavy atom. The van der Waals surface area contributed by atoms with Crippen molar-refractivity contribution in [3.05, 3.63) is 42.3 Å². The Kier molecular flexibility index (Phi) is 5.71. The summed E-state index contributed by atoms with van der Waals surface area (Å²) in [5.74, 6) is 0.533. The van der Waals surface area contributed by atoms with E-state index in [1.807, 2.05) is 30.3 Å². The van der Waals surface area contributed by atoms with Gasteiger partial charge in [-0.1, -0.05) is 43.9 Å². The van der Waals surface area contributed by atoms with Crippen LogP contribution in [-0.2, 0) is 6.54 Å². The van der Waals surface area contributed by atoms with Crippen molar-refractivity contribution in [1.29, 1.82) is 0 Å². The van der Waals surface area contributed by atoms with Gasteiger partial charge in [0.15, 0.2) is 0 Å². The van der Waals surface area contributed by atoms with Crippen LogP contribution >= 0.6 is 0 Å². The van der Waals surface area contributed by atoms with Crippen LogP contribution in [0.3, 0.4) is 0 Å². The molecular formula is C19H25N3O3. The zero-order chi connectivity index (χ0) is 17.5. The number of urea groups is 1. The predicted molar refractivity (Wildman–Crippen MR) is 94.8 cm³/mol. The Morgan fingerprint density at radius 1 is 1.12 bits per heavy atom. The van der Waals surface area contributed by atoms with Crippen LogP contribution in [0.2, 0.25) is 0 Å². The van der Waals surface area contributed by atoms with Gasteiger partial charge in [0.1, 0.15) is 6.26 Å². The molecule has 3 N–H and O–H groups in total. The minimum absolute atomic E-state index is 0.278. The number of carbonyl (C=O) groups is 1. The van der Waals surface area contributed by atoms with Crippen molar-refractivity contribution in [3.63, 3.8) is 0 Å². The minimum atomic E-state index is -0.776. The smallest absolute Gasteiger partial charge is 0.315 e. The van der Waals surface area contributed by atoms with Gasteiger partial charge in [-0.15, -0.1) is 0 Å². The van der Waals surface area contributed by atoms with Gasteiger partial charge >= 0.3 is 6.03 Å². The van der Waals surface area contributed by atoms with E-state index in [9.17, 15) is 9.90 Å². The van der Waals surface area contributed by atoms with Crippen LogP contribution in [0.1, 0.15) is 44.2 Å². The van der Waals surface area contributed by atoms with Crippen molar-refractivity contribution in [2.24, 2.45) is 0 Å². The lowest BCUT2D eigenvalue weighted by Crippen LogP contribution is -2.46. The number of carbonyl (C=O) groups excluding carboxylic acids is 1. The van der Waals surface area contributed by atoms with E-state index >= 15 is 0 Å². The zero-order valence-electron chi connectivity index (χ0n) is 14.3. The summed E-state index contributed by atoms with van der Waals surface area (Å²) in [6.07, 6.45) is 7.38. The highest BCUT2D eigenvalue weighted by molar-refractivity contribution is 5.73. The van der Waals surface area contributed by atoms with E-state index in [-0.39, 0.29) is 19.1 Å². The zero-order valence-corrected chi connectivity index (χ0v) is 14.3. The first kappa shape index (κ1) is 17.5. The van der Waals surface area contributed by atoms with Gasteiger partial charge in [-0.25, -0.2) is 9.78 Å². The summed E-state index contributed by atoms with van der Waals surface area (Å²) >= 11 is 0. The van der Waals surface area contributed by atoms with Crippen molar-refractivity contribution in [2.45, 2.75) is 50.7 Å². The second-order valence-electron chi connectivity index (χ2n) is 6.68. The number of aromatic nitrogens is 1. The maximum absolute atomic E-state index is 12.0. The average molecular weight is 343 g/mol. The lowest BCUT2D eigenvalue weighted by molar-refractivity contribution is 0.0276. The number of nitrogens with one attached hydrogen (secondary N) is 2. The molecule has 134 valence electrons. The number of hydrogen-bond donors (Lipinski definition) is 3. The normalized spacial score (nSPS) is 16.8. The van der Waals surface area contributed by atoms with E-state index < -0.39 is 5.60 Å². The van der Waals surface area contributed by atoms with Gasteiger partial charge < -0.3 is 20.2 Å². The molecule has 0 aliphatic heterocycles. The Bertz CT molecular complexity index is 676. The van der Waals surface area contributed by atoms with E-state index in [2.05, 4.69) is 15.6 Å². The van der Waals surface area contributed by atoms with Gasteiger partial charge in [-0.05, 0) is 25.0 Å². The topological polar surface area (TPSA) is 87.4 Å². The number of rotatable bonds is 5. The number of hydrogen-bond acceptors (Lipinski definition) is 4. The lowest BCUT2D eigenvalue weighted by atomic mass is 9.95. The molecule has 0 atom stereocenters. The SMILES string of the molecule is O=C(NCc1coc(-c2ccccc2)n1)NCC1(O)CCCCCC1. The van der Waals surface area contributed by atoms with Crippen LogP contribution in [0.25, 0.3) is 11.5 Å². The van der Waals surface area contributed by atoms with Crippen molar-refractivity contribution in [1.82, 2.24) is 15.6 Å². The third kappa shape index (κ3) is 5.06. The second kappa shape index (κ2) is 8.16. The van der Waals surface area contributed by atoms with Crippen molar-refractivity contribution < 1.29 is 14.3 Å². The summed E-state index contributed by atoms with van der Waals surface area (Å²) in [7, 11) is 0. The molecule has 1 aromatic heterocycles. The fourth-order valence-electron chi connectivity index (χ4n) is 3.14. The Balaban J connectivity index is 1.45. The van der Waals surface area contributed by atoms with Crippen LogP contribution in [0.15, 0.2) is 41.0 Å². The van der Waals surface area contributed by atoms with Gasteiger partial charge in [-0.2, -0.15) is 0 Å². The summed E-state index contributed by atoms with van der Waals surface area (Å²) in [5, 5.41) is 16.1. The molecular weight excluding hydrogens is 318 g/mol. The molecule has 0 bridgehead atoms. The largest absolute Gasteiger partial charge is 0.444 e. The molecule has 0 radical (unpaired) electrons. The monoisotopic (exact) mass is 343 g/mol. The average Bonchev–Trinajstić information content (AvgIpc) is 3.01. The lowest BCUT2D eigenvalue weighted by Gasteiger charge is -2.26. The fraction of sp³-hybridized carbons (Fsp3) is 0.474. The fourth-order valence-corrected chi connectivity index (χ4v) is 3.14. The Morgan fingerprint density at radius 2 is 1.84 bits per heavy atom. The van der Waals surface area contributed by atoms with Crippen LogP contribution in [0.4, 0.5) is 4.79 Å². The molecule has 1 heterocycles. The molecule has 1 aliphatic carbocycles. The van der Waals surface area contributed by atoms with Gasteiger partial charge in [-0.3, -0.25) is 0 Å². The number of aliphatic hydroxyl groups is 1. The van der Waals surface area contributed by atoms with Gasteiger partial charge in [0.05, 0.1) is 17.8 Å². The van der Waals surface area contributed by atoms with Crippen LogP contribution in [-0.4, -0.2) is 28.3 Å². The van der Waals surface area contributed by atoms with E-state index in [4.69, 9.17) is 4.42 Å². The van der Waals surface area contributed by atoms with E-state index in [0.29, 0.717) is 11.6 Å². The highest BCUT2D eigenvalue weighted by Gasteiger charge is 2.28. The molecule has 3 rings (SSSR count). The molecule has 1 fully saturated rings. The third-order valence-corrected chi connectivity index (χ3v) is 4.61. The van der Waals surface area contributed by atoms with Crippen molar-refractivity contribution >= 4 is 6.03 Å². The van der Waals surface area contributed by atoms with Crippen LogP contribution < -0.4 is 10.6 Å². The molecule has 6 heteroatoms. The summed E-state index contributed by atoms with van der Waals surface area (Å²) < 4.78 is 5.45. The molecule has 1 aromatic carbocycles. The molecule has 6 nitrogen and oxygen atoms in total. The highest BCUT2D eigenvalue weighted by Crippen LogP contribution is 2.26. The first-order valence-corrected chi connectivity index (χ1v) is 8.89. The first-order valence-electron chi connectivity index (χ1n) is 8.89. The standard InChI is InChI=1S/C19H25N3O3/c23-18(21-14-19(24)10-6-1-2-7-11-19)20-12-16-13-25-17(22-16)15-8-4-3-5-9-15/h3-5,8-9,13,24H,1-2,6-7,10-12,14H2,(H2,20,21,23). The molecule has 2 aromatic rings. The van der Waals surface area contributed by atoms with E-state index in [1.54, 1.807) is 6.26 Å². The van der Waals surface area contributed by atoms with E-state index in [1.165, 1.54) is 0 Å². The van der Waals surface area contributed by atoms with Gasteiger partial charge in [0.25, 0.3) is 0 Å². The van der Waals surface area contributed by atoms with Gasteiger partial charge in [0, 0.05) is 12.1 Å². The molecule has 0 saturated heterocycles. The van der Waals surface area contributed by atoms with Crippen molar-refractivity contribution in [2.75, 3.05) is 6.54 Å². The molecule has 0 unspecified atom stereocenters. The van der Waals surface area contributed by atoms with Crippen molar-refractivity contribution in [3.8, 4) is 11.5 Å². The minimum Gasteiger partial charge on any atom is -0.444 e. The molecule has 0 spiro atoms. The summed E-state index contributed by atoms with van der Waals surface area (Å²) in [5.41, 5.74) is 0.776. The van der Waals surface area contributed by atoms with Crippen LogP contribution in [0, 0.1) is 0 Å². The summed E-state index contributed by atoms with van der Waals surface area (Å²) in [6, 6.07) is 9.31. The Hall–Kier alpha value is -2.34. The number of oxazole rings is 1. The second-order valence-corrected chi connectivity index (χ2v) is 6.68. The predicted octanol–water partition coefficient (Wildman–Crippen LogP) is 3.23. The van der Waals surface area contributed by atoms with Crippen LogP contribution in [0.5, 0.6) is 0 Å². The number of benzene rings is 1. The molecule has 25 heavy (non-hydrogen) atoms. The number of amides is 2. The maximum atomic E-state index is 12.0. The Labute approximate surface area is 147 Å². The molecule has 2 amide bonds. The summed E-state index contributed by atoms with van der Waals surface area (Å²) in [6.45, 7) is 0.563. The van der Waals surface area contributed by atoms with Gasteiger partial charge in [0.2, 0.25) is 5.89 Å². The quantitative estimate of drug-likeness (QED) is 0.727. The number of nitrogens with zero attached hydrogens (tertiary/aromatic N) is 1. The van der Waals surface area contributed by atoms with E-state index in [0.717, 1.165) is 44.1 Å². The third-order valence-electron chi connectivity index (χ3n) is 4.61. The molecule has 1 saturated carbocycles. The first-order chi connectivity index (χ1) is 12.1. The highest BCUT2D eigenvalue weighted by atomic mass is 16.3. The summed E-state index contributed by atoms with van der Waals surface area (Å²) in [4.78, 5) is 16.3. The molecule has 1 aliphatic rings.